The molecule has 0 N–H and O–H groups in total. The molecule has 1 aromatic heterocycles. The molecule has 0 spiro atoms. The van der Waals surface area contributed by atoms with Crippen LogP contribution in [0.2, 0.25) is 5.02 Å². The molecule has 0 bridgehead atoms. The molecule has 2 aromatic rings. The first-order valence-corrected chi connectivity index (χ1v) is 8.17. The highest BCUT2D eigenvalue weighted by Gasteiger charge is 2.20. The Balaban J connectivity index is 2.52. The Bertz CT molecular complexity index is 766. The molecule has 7 heteroatoms. The van der Waals surface area contributed by atoms with Crippen LogP contribution in [-0.4, -0.2) is 30.2 Å². The molecular weight excluding hydrogens is 300 g/mol. The van der Waals surface area contributed by atoms with Gasteiger partial charge in [-0.15, -0.1) is 0 Å². The standard InChI is InChI=1S/C13H13ClN2O3S/c1-3-16-12(11(14)8-15-16)13(17)9-5-4-6-10(7-9)20(2,18)19/h4-8H,3H2,1-2H3. The third-order valence-corrected chi connectivity index (χ3v) is 4.22. The molecule has 106 valence electrons. The molecule has 2 rings (SSSR count). The summed E-state index contributed by atoms with van der Waals surface area (Å²) < 4.78 is 24.5. The van der Waals surface area contributed by atoms with E-state index in [-0.39, 0.29) is 27.0 Å². The lowest BCUT2D eigenvalue weighted by atomic mass is 10.1. The number of rotatable bonds is 4. The van der Waals surface area contributed by atoms with Gasteiger partial charge in [0.1, 0.15) is 5.69 Å². The smallest absolute Gasteiger partial charge is 0.212 e. The molecule has 1 heterocycles. The van der Waals surface area contributed by atoms with Gasteiger partial charge in [0.25, 0.3) is 0 Å². The van der Waals surface area contributed by atoms with Gasteiger partial charge in [-0.3, -0.25) is 9.48 Å². The van der Waals surface area contributed by atoms with E-state index in [2.05, 4.69) is 5.10 Å². The fourth-order valence-corrected chi connectivity index (χ4v) is 2.73. The normalized spacial score (nSPS) is 11.6. The number of ketones is 1. The van der Waals surface area contributed by atoms with Gasteiger partial charge in [-0.1, -0.05) is 23.7 Å². The SMILES string of the molecule is CCn1ncc(Cl)c1C(=O)c1cccc(S(C)(=O)=O)c1. The first-order chi connectivity index (χ1) is 9.34. The lowest BCUT2D eigenvalue weighted by molar-refractivity contribution is 0.102. The average molecular weight is 313 g/mol. The van der Waals surface area contributed by atoms with E-state index in [0.29, 0.717) is 6.54 Å². The number of aryl methyl sites for hydroxylation is 1. The predicted octanol–water partition coefficient (Wildman–Crippen LogP) is 2.19. The number of aromatic nitrogens is 2. The molecule has 0 amide bonds. The van der Waals surface area contributed by atoms with Gasteiger partial charge in [-0.2, -0.15) is 5.10 Å². The van der Waals surface area contributed by atoms with E-state index < -0.39 is 9.84 Å². The van der Waals surface area contributed by atoms with E-state index in [0.717, 1.165) is 6.26 Å². The minimum absolute atomic E-state index is 0.0991. The van der Waals surface area contributed by atoms with Crippen molar-refractivity contribution < 1.29 is 13.2 Å². The zero-order valence-electron chi connectivity index (χ0n) is 11.0. The Morgan fingerprint density at radius 3 is 2.70 bits per heavy atom. The predicted molar refractivity (Wildman–Crippen MR) is 75.9 cm³/mol. The Morgan fingerprint density at radius 2 is 2.10 bits per heavy atom. The van der Waals surface area contributed by atoms with Crippen LogP contribution in [-0.2, 0) is 16.4 Å². The first-order valence-electron chi connectivity index (χ1n) is 5.90. The third-order valence-electron chi connectivity index (χ3n) is 2.83. The van der Waals surface area contributed by atoms with E-state index in [1.165, 1.54) is 29.1 Å². The number of hydrogen-bond donors (Lipinski definition) is 0. The Morgan fingerprint density at radius 1 is 1.40 bits per heavy atom. The summed E-state index contributed by atoms with van der Waals surface area (Å²) in [4.78, 5) is 12.5. The highest BCUT2D eigenvalue weighted by molar-refractivity contribution is 7.90. The van der Waals surface area contributed by atoms with Gasteiger partial charge in [-0.25, -0.2) is 8.42 Å². The van der Waals surface area contributed by atoms with E-state index >= 15 is 0 Å². The van der Waals surface area contributed by atoms with Gasteiger partial charge in [0, 0.05) is 18.4 Å². The lowest BCUT2D eigenvalue weighted by Crippen LogP contribution is -2.11. The molecule has 0 aliphatic heterocycles. The molecule has 0 saturated heterocycles. The van der Waals surface area contributed by atoms with E-state index in [9.17, 15) is 13.2 Å². The summed E-state index contributed by atoms with van der Waals surface area (Å²) in [5.74, 6) is -0.347. The fraction of sp³-hybridized carbons (Fsp3) is 0.231. The van der Waals surface area contributed by atoms with Crippen molar-refractivity contribution in [3.63, 3.8) is 0 Å². The van der Waals surface area contributed by atoms with Crippen LogP contribution in [0.5, 0.6) is 0 Å². The molecule has 0 radical (unpaired) electrons. The topological polar surface area (TPSA) is 69.0 Å². The van der Waals surface area contributed by atoms with Crippen molar-refractivity contribution in [3.05, 3.63) is 46.7 Å². The molecule has 0 unspecified atom stereocenters. The van der Waals surface area contributed by atoms with E-state index in [1.54, 1.807) is 6.07 Å². The Labute approximate surface area is 122 Å². The van der Waals surface area contributed by atoms with Crippen LogP contribution in [0.25, 0.3) is 0 Å². The van der Waals surface area contributed by atoms with Crippen LogP contribution in [0.4, 0.5) is 0 Å². The van der Waals surface area contributed by atoms with Crippen molar-refractivity contribution in [2.75, 3.05) is 6.26 Å². The zero-order chi connectivity index (χ0) is 14.9. The molecule has 20 heavy (non-hydrogen) atoms. The number of halogens is 1. The van der Waals surface area contributed by atoms with Gasteiger partial charge in [0.05, 0.1) is 16.1 Å². The van der Waals surface area contributed by atoms with Crippen molar-refractivity contribution in [1.82, 2.24) is 9.78 Å². The lowest BCUT2D eigenvalue weighted by Gasteiger charge is -2.06. The monoisotopic (exact) mass is 312 g/mol. The Kier molecular flexibility index (Phi) is 3.96. The quantitative estimate of drug-likeness (QED) is 0.812. The molecule has 0 aliphatic carbocycles. The van der Waals surface area contributed by atoms with E-state index in [1.807, 2.05) is 6.92 Å². The van der Waals surface area contributed by atoms with Crippen LogP contribution in [0.1, 0.15) is 23.0 Å². The molecule has 0 saturated carbocycles. The van der Waals surface area contributed by atoms with Gasteiger partial charge in [0.2, 0.25) is 5.78 Å². The van der Waals surface area contributed by atoms with Gasteiger partial charge in [0.15, 0.2) is 9.84 Å². The maximum Gasteiger partial charge on any atom is 0.212 e. The maximum atomic E-state index is 12.4. The molecule has 1 aromatic carbocycles. The van der Waals surface area contributed by atoms with Gasteiger partial charge >= 0.3 is 0 Å². The van der Waals surface area contributed by atoms with E-state index in [4.69, 9.17) is 11.6 Å². The summed E-state index contributed by atoms with van der Waals surface area (Å²) >= 11 is 5.98. The molecule has 0 atom stereocenters. The number of hydrogen-bond acceptors (Lipinski definition) is 4. The summed E-state index contributed by atoms with van der Waals surface area (Å²) in [6.07, 6.45) is 2.50. The average Bonchev–Trinajstić information content (AvgIpc) is 2.78. The van der Waals surface area contributed by atoms with Crippen molar-refractivity contribution in [3.8, 4) is 0 Å². The van der Waals surface area contributed by atoms with Crippen molar-refractivity contribution >= 4 is 27.2 Å². The number of sulfone groups is 1. The zero-order valence-corrected chi connectivity index (χ0v) is 12.6. The molecule has 5 nitrogen and oxygen atoms in total. The Hall–Kier alpha value is -1.66. The third kappa shape index (κ3) is 2.76. The van der Waals surface area contributed by atoms with Gasteiger partial charge in [-0.05, 0) is 19.1 Å². The number of benzene rings is 1. The second-order valence-electron chi connectivity index (χ2n) is 4.29. The minimum atomic E-state index is -3.36. The summed E-state index contributed by atoms with van der Waals surface area (Å²) in [6.45, 7) is 2.34. The second-order valence-corrected chi connectivity index (χ2v) is 6.71. The maximum absolute atomic E-state index is 12.4. The fourth-order valence-electron chi connectivity index (χ4n) is 1.83. The van der Waals surface area contributed by atoms with Crippen LogP contribution < -0.4 is 0 Å². The van der Waals surface area contributed by atoms with Crippen molar-refractivity contribution in [1.29, 1.82) is 0 Å². The highest BCUT2D eigenvalue weighted by atomic mass is 35.5. The van der Waals surface area contributed by atoms with Crippen molar-refractivity contribution in [2.24, 2.45) is 0 Å². The van der Waals surface area contributed by atoms with Gasteiger partial charge < -0.3 is 0 Å². The van der Waals surface area contributed by atoms with Crippen LogP contribution in [0.15, 0.2) is 35.4 Å². The number of carbonyl (C=O) groups is 1. The summed E-state index contributed by atoms with van der Waals surface area (Å²) in [6, 6.07) is 5.89. The first kappa shape index (κ1) is 14.7. The highest BCUT2D eigenvalue weighted by Crippen LogP contribution is 2.21. The largest absolute Gasteiger partial charge is 0.287 e. The molecular formula is C13H13ClN2O3S. The minimum Gasteiger partial charge on any atom is -0.287 e. The second kappa shape index (κ2) is 5.38. The summed E-state index contributed by atoms with van der Waals surface area (Å²) in [5.41, 5.74) is 0.532. The van der Waals surface area contributed by atoms with Crippen LogP contribution >= 0.6 is 11.6 Å². The number of nitrogens with zero attached hydrogens (tertiary/aromatic N) is 2. The number of carbonyl (C=O) groups excluding carboxylic acids is 1. The van der Waals surface area contributed by atoms with Crippen LogP contribution in [0.3, 0.4) is 0 Å². The van der Waals surface area contributed by atoms with Crippen molar-refractivity contribution in [2.45, 2.75) is 18.4 Å². The molecule has 0 aliphatic rings. The van der Waals surface area contributed by atoms with Crippen LogP contribution in [0, 0.1) is 0 Å². The summed E-state index contributed by atoms with van der Waals surface area (Å²) in [5, 5.41) is 4.25. The summed E-state index contributed by atoms with van der Waals surface area (Å²) in [7, 11) is -3.36. The molecule has 0 fully saturated rings.